The molecule has 2 rings (SSSR count). The van der Waals surface area contributed by atoms with Crippen molar-refractivity contribution in [2.75, 3.05) is 5.75 Å². The largest absolute Gasteiger partial charge is 0.398 e. The maximum atomic E-state index is 14.0. The molecule has 0 amide bonds. The van der Waals surface area contributed by atoms with Crippen molar-refractivity contribution >= 4 is 23.3 Å². The molecule has 0 spiro atoms. The highest BCUT2D eigenvalue weighted by molar-refractivity contribution is 7.99. The lowest BCUT2D eigenvalue weighted by Crippen LogP contribution is -2.13. The van der Waals surface area contributed by atoms with E-state index in [1.807, 2.05) is 0 Å². The Bertz CT molecular complexity index is 715. The number of halogens is 4. The second kappa shape index (κ2) is 6.99. The fraction of sp³-hybridized carbons (Fsp3) is 0.200. The van der Waals surface area contributed by atoms with Gasteiger partial charge in [-0.25, -0.2) is 9.38 Å². The number of nitrogens with two attached hydrogens (primary N) is 1. The summed E-state index contributed by atoms with van der Waals surface area (Å²) in [5.41, 5.74) is 6.65. The molecule has 0 atom stereocenters. The maximum Gasteiger partial charge on any atom is 0.398 e. The third kappa shape index (κ3) is 4.95. The molecule has 0 bridgehead atoms. The van der Waals surface area contributed by atoms with E-state index in [0.29, 0.717) is 27.8 Å². The minimum Gasteiger partial charge on any atom is -0.383 e. The molecular formula is C15H13F4N3S. The number of hydrogen-bond acceptors (Lipinski definition) is 3. The molecule has 122 valence electrons. The summed E-state index contributed by atoms with van der Waals surface area (Å²) >= 11 is 0.588. The zero-order valence-corrected chi connectivity index (χ0v) is 12.9. The highest BCUT2D eigenvalue weighted by Crippen LogP contribution is 2.33. The average Bonchev–Trinajstić information content (AvgIpc) is 2.48. The zero-order chi connectivity index (χ0) is 17.0. The van der Waals surface area contributed by atoms with E-state index in [9.17, 15) is 17.6 Å². The van der Waals surface area contributed by atoms with Crippen LogP contribution in [0.3, 0.4) is 0 Å². The Kier molecular flexibility index (Phi) is 5.25. The summed E-state index contributed by atoms with van der Waals surface area (Å²) in [5, 5.41) is 0. The van der Waals surface area contributed by atoms with Crippen LogP contribution in [0.15, 0.2) is 46.5 Å². The minimum atomic E-state index is -4.30. The Morgan fingerprint density at radius 2 is 1.91 bits per heavy atom. The first-order valence-electron chi connectivity index (χ1n) is 6.50. The van der Waals surface area contributed by atoms with Crippen LogP contribution in [0.5, 0.6) is 0 Å². The van der Waals surface area contributed by atoms with Gasteiger partial charge in [0.1, 0.15) is 17.3 Å². The number of pyridine rings is 1. The van der Waals surface area contributed by atoms with Crippen LogP contribution in [-0.4, -0.2) is 22.7 Å². The van der Waals surface area contributed by atoms with E-state index in [2.05, 4.69) is 9.98 Å². The molecule has 1 aromatic heterocycles. The first-order valence-corrected chi connectivity index (χ1v) is 7.49. The summed E-state index contributed by atoms with van der Waals surface area (Å²) in [7, 11) is 0. The highest BCUT2D eigenvalue weighted by atomic mass is 32.2. The van der Waals surface area contributed by atoms with Crippen molar-refractivity contribution in [3.8, 4) is 0 Å². The van der Waals surface area contributed by atoms with Crippen LogP contribution in [0.2, 0.25) is 0 Å². The molecule has 3 nitrogen and oxygen atoms in total. The molecule has 2 aromatic rings. The zero-order valence-electron chi connectivity index (χ0n) is 12.1. The first kappa shape index (κ1) is 17.3. The number of aryl methyl sites for hydroxylation is 1. The molecule has 1 aromatic carbocycles. The summed E-state index contributed by atoms with van der Waals surface area (Å²) in [6.45, 7) is 1.54. The second-order valence-electron chi connectivity index (χ2n) is 4.71. The second-order valence-corrected chi connectivity index (χ2v) is 5.72. The molecule has 0 radical (unpaired) electrons. The van der Waals surface area contributed by atoms with E-state index in [0.717, 1.165) is 6.07 Å². The van der Waals surface area contributed by atoms with Crippen molar-refractivity contribution in [3.63, 3.8) is 0 Å². The van der Waals surface area contributed by atoms with Gasteiger partial charge in [0.05, 0.1) is 5.75 Å². The normalized spacial score (nSPS) is 12.5. The van der Waals surface area contributed by atoms with Crippen molar-refractivity contribution in [3.05, 3.63) is 53.6 Å². The summed E-state index contributed by atoms with van der Waals surface area (Å²) < 4.78 is 51.0. The van der Waals surface area contributed by atoms with Gasteiger partial charge < -0.3 is 5.73 Å². The Morgan fingerprint density at radius 3 is 2.52 bits per heavy atom. The predicted octanol–water partition coefficient (Wildman–Crippen LogP) is 4.22. The number of amidine groups is 1. The fourth-order valence-electron chi connectivity index (χ4n) is 1.76. The Morgan fingerprint density at radius 1 is 1.26 bits per heavy atom. The summed E-state index contributed by atoms with van der Waals surface area (Å²) in [6.07, 6.45) is -1.29. The molecule has 0 saturated heterocycles. The lowest BCUT2D eigenvalue weighted by atomic mass is 10.2. The number of alkyl halides is 3. The third-order valence-corrected chi connectivity index (χ3v) is 4.08. The van der Waals surface area contributed by atoms with Gasteiger partial charge in [-0.05, 0) is 36.8 Å². The van der Waals surface area contributed by atoms with Crippen LogP contribution in [0.25, 0.3) is 0 Å². The van der Waals surface area contributed by atoms with Crippen molar-refractivity contribution in [1.82, 2.24) is 4.98 Å². The van der Waals surface area contributed by atoms with E-state index < -0.39 is 17.7 Å². The number of thioether (sulfide) groups is 1. The number of benzene rings is 1. The molecule has 8 heteroatoms. The third-order valence-electron chi connectivity index (χ3n) is 2.85. The number of aromatic nitrogens is 1. The highest BCUT2D eigenvalue weighted by Gasteiger charge is 2.27. The molecule has 0 aliphatic carbocycles. The Hall–Kier alpha value is -2.09. The van der Waals surface area contributed by atoms with Gasteiger partial charge in [0.2, 0.25) is 0 Å². The number of hydrogen-bond donors (Lipinski definition) is 1. The lowest BCUT2D eigenvalue weighted by Gasteiger charge is -2.10. The molecule has 0 unspecified atom stereocenters. The lowest BCUT2D eigenvalue weighted by molar-refractivity contribution is -0.105. The van der Waals surface area contributed by atoms with Crippen molar-refractivity contribution in [1.29, 1.82) is 0 Å². The van der Waals surface area contributed by atoms with Crippen LogP contribution in [-0.2, 0) is 0 Å². The van der Waals surface area contributed by atoms with Gasteiger partial charge in [-0.2, -0.15) is 13.2 Å². The summed E-state index contributed by atoms with van der Waals surface area (Å²) in [4.78, 5) is 8.11. The van der Waals surface area contributed by atoms with Crippen LogP contribution in [0.4, 0.5) is 23.2 Å². The van der Waals surface area contributed by atoms with Gasteiger partial charge in [0.15, 0.2) is 0 Å². The quantitative estimate of drug-likeness (QED) is 0.391. The van der Waals surface area contributed by atoms with Crippen molar-refractivity contribution in [2.45, 2.75) is 18.0 Å². The van der Waals surface area contributed by atoms with Gasteiger partial charge in [0.25, 0.3) is 0 Å². The average molecular weight is 343 g/mol. The Balaban J connectivity index is 2.32. The fourth-order valence-corrected chi connectivity index (χ4v) is 2.56. The molecule has 1 heterocycles. The molecule has 0 fully saturated rings. The van der Waals surface area contributed by atoms with E-state index in [-0.39, 0.29) is 11.5 Å². The molecule has 0 aliphatic heterocycles. The predicted molar refractivity (Wildman–Crippen MR) is 82.5 cm³/mol. The van der Waals surface area contributed by atoms with Crippen molar-refractivity contribution < 1.29 is 17.6 Å². The van der Waals surface area contributed by atoms with Gasteiger partial charge in [-0.1, -0.05) is 0 Å². The van der Waals surface area contributed by atoms with Gasteiger partial charge in [-0.15, -0.1) is 11.8 Å². The van der Waals surface area contributed by atoms with E-state index in [1.54, 1.807) is 19.1 Å². The standard InChI is InChI=1S/C15H13F4N3S/c1-9-6-11(16)12(7-13(9)23-8-15(17,18)19)22-14(20)10-2-4-21-5-3-10/h2-7H,8H2,1H3,(H2,20,22). The number of aliphatic imine (C=N–C) groups is 1. The summed E-state index contributed by atoms with van der Waals surface area (Å²) in [5.74, 6) is -1.64. The topological polar surface area (TPSA) is 51.3 Å². The monoisotopic (exact) mass is 343 g/mol. The molecule has 0 saturated carbocycles. The van der Waals surface area contributed by atoms with Crippen LogP contribution >= 0.6 is 11.8 Å². The molecule has 2 N–H and O–H groups in total. The van der Waals surface area contributed by atoms with Crippen molar-refractivity contribution in [2.24, 2.45) is 10.7 Å². The number of rotatable bonds is 4. The first-order chi connectivity index (χ1) is 10.8. The molecular weight excluding hydrogens is 330 g/mol. The van der Waals surface area contributed by atoms with E-state index in [4.69, 9.17) is 5.73 Å². The van der Waals surface area contributed by atoms with Gasteiger partial charge in [0, 0.05) is 22.9 Å². The molecule has 23 heavy (non-hydrogen) atoms. The van der Waals surface area contributed by atoms with Gasteiger partial charge in [-0.3, -0.25) is 4.98 Å². The van der Waals surface area contributed by atoms with E-state index >= 15 is 0 Å². The maximum absolute atomic E-state index is 14.0. The van der Waals surface area contributed by atoms with Crippen LogP contribution in [0.1, 0.15) is 11.1 Å². The van der Waals surface area contributed by atoms with E-state index in [1.165, 1.54) is 18.5 Å². The summed E-state index contributed by atoms with van der Waals surface area (Å²) in [6, 6.07) is 5.63. The SMILES string of the molecule is Cc1cc(F)c(/N=C(\N)c2ccncc2)cc1SCC(F)(F)F. The van der Waals surface area contributed by atoms with Crippen LogP contribution < -0.4 is 5.73 Å². The Labute approximate surface area is 134 Å². The smallest absolute Gasteiger partial charge is 0.383 e. The number of nitrogens with zero attached hydrogens (tertiary/aromatic N) is 2. The van der Waals surface area contributed by atoms with Crippen LogP contribution in [0, 0.1) is 12.7 Å². The minimum absolute atomic E-state index is 0.0573. The molecule has 0 aliphatic rings. The van der Waals surface area contributed by atoms with Gasteiger partial charge >= 0.3 is 6.18 Å².